The van der Waals surface area contributed by atoms with Crippen molar-refractivity contribution < 1.29 is 10.1 Å². The molecule has 0 saturated carbocycles. The van der Waals surface area contributed by atoms with Crippen LogP contribution in [-0.2, 0) is 0 Å². The van der Waals surface area contributed by atoms with Crippen LogP contribution in [-0.4, -0.2) is 54.9 Å². The molecular formula is C22H25ClN5O+. The molecule has 0 fully saturated rings. The van der Waals surface area contributed by atoms with E-state index in [0.717, 1.165) is 34.5 Å². The number of nitrogens with two attached hydrogens (primary N) is 1. The summed E-state index contributed by atoms with van der Waals surface area (Å²) in [5.74, 6) is 0.794. The van der Waals surface area contributed by atoms with E-state index in [1.807, 2.05) is 69.1 Å². The second kappa shape index (κ2) is 9.60. The first-order chi connectivity index (χ1) is 14.0. The van der Waals surface area contributed by atoms with E-state index >= 15 is 0 Å². The lowest BCUT2D eigenvalue weighted by Gasteiger charge is -2.12. The number of benzene rings is 1. The number of nitrogens with zero attached hydrogens (tertiary/aromatic N) is 3. The number of hydrogen-bond donors (Lipinski definition) is 2. The van der Waals surface area contributed by atoms with Crippen molar-refractivity contribution in [1.82, 2.24) is 14.9 Å². The zero-order valence-corrected chi connectivity index (χ0v) is 17.6. The summed E-state index contributed by atoms with van der Waals surface area (Å²) in [4.78, 5) is 10.9. The Bertz CT molecular complexity index is 1030. The Morgan fingerprint density at radius 1 is 1.14 bits per heavy atom. The van der Waals surface area contributed by atoms with Gasteiger partial charge in [-0.25, -0.2) is 4.98 Å². The fourth-order valence-corrected chi connectivity index (χ4v) is 2.99. The number of quaternary nitrogens is 1. The second-order valence-corrected chi connectivity index (χ2v) is 7.25. The molecule has 6 nitrogen and oxygen atoms in total. The van der Waals surface area contributed by atoms with Gasteiger partial charge in [-0.3, -0.25) is 10.4 Å². The van der Waals surface area contributed by atoms with Gasteiger partial charge in [0.2, 0.25) is 0 Å². The van der Waals surface area contributed by atoms with Crippen LogP contribution >= 0.6 is 11.6 Å². The molecule has 3 aromatic rings. The number of pyridine rings is 2. The highest BCUT2D eigenvalue weighted by molar-refractivity contribution is 6.30. The number of halogens is 1. The molecule has 0 unspecified atom stereocenters. The van der Waals surface area contributed by atoms with Gasteiger partial charge in [-0.2, -0.15) is 0 Å². The van der Waals surface area contributed by atoms with Gasteiger partial charge in [0.15, 0.2) is 0 Å². The summed E-state index contributed by atoms with van der Waals surface area (Å²) in [5.41, 5.74) is 4.27. The quantitative estimate of drug-likeness (QED) is 0.442. The molecule has 2 heterocycles. The van der Waals surface area contributed by atoms with Crippen molar-refractivity contribution in [2.24, 2.45) is 0 Å². The fourth-order valence-electron chi connectivity index (χ4n) is 2.84. The molecule has 3 N–H and O–H groups in total. The summed E-state index contributed by atoms with van der Waals surface area (Å²) in [6, 6.07) is 13.1. The lowest BCUT2D eigenvalue weighted by molar-refractivity contribution is -0.555. The summed E-state index contributed by atoms with van der Waals surface area (Å²) in [6.45, 7) is 1.47. The van der Waals surface area contributed by atoms with Crippen molar-refractivity contribution >= 4 is 33.9 Å². The summed E-state index contributed by atoms with van der Waals surface area (Å²) < 4.78 is 5.74. The SMILES string of the molecule is C[NH2+]/C=C(\C(=N)c1ccc(OCCN(C)C)cc1)c1cnc2ccc(Cl)nc2c1. The Balaban J connectivity index is 1.84. The molecule has 0 atom stereocenters. The number of ether oxygens (including phenoxy) is 1. The third-order valence-electron chi connectivity index (χ3n) is 4.37. The van der Waals surface area contributed by atoms with Gasteiger partial charge >= 0.3 is 0 Å². The molecule has 0 aliphatic rings. The smallest absolute Gasteiger partial charge is 0.129 e. The predicted octanol–water partition coefficient (Wildman–Crippen LogP) is 2.83. The Morgan fingerprint density at radius 2 is 1.90 bits per heavy atom. The van der Waals surface area contributed by atoms with Gasteiger partial charge in [0.1, 0.15) is 23.7 Å². The van der Waals surface area contributed by atoms with Crippen molar-refractivity contribution in [2.45, 2.75) is 0 Å². The van der Waals surface area contributed by atoms with Gasteiger partial charge in [0.05, 0.1) is 29.4 Å². The van der Waals surface area contributed by atoms with Gasteiger partial charge in [0.25, 0.3) is 0 Å². The zero-order chi connectivity index (χ0) is 20.8. The van der Waals surface area contributed by atoms with E-state index in [9.17, 15) is 0 Å². The minimum atomic E-state index is 0.408. The van der Waals surface area contributed by atoms with E-state index in [1.165, 1.54) is 0 Å². The minimum absolute atomic E-state index is 0.408. The number of rotatable bonds is 8. The molecule has 0 bridgehead atoms. The maximum absolute atomic E-state index is 8.73. The maximum atomic E-state index is 8.73. The van der Waals surface area contributed by atoms with E-state index in [1.54, 1.807) is 12.3 Å². The molecule has 1 aromatic carbocycles. The molecule has 0 amide bonds. The van der Waals surface area contributed by atoms with E-state index < -0.39 is 0 Å². The number of fused-ring (bicyclic) bond motifs is 1. The highest BCUT2D eigenvalue weighted by atomic mass is 35.5. The summed E-state index contributed by atoms with van der Waals surface area (Å²) in [5, 5.41) is 11.1. The van der Waals surface area contributed by atoms with Gasteiger partial charge < -0.3 is 15.0 Å². The fraction of sp³-hybridized carbons (Fsp3) is 0.227. The molecule has 29 heavy (non-hydrogen) atoms. The number of allylic oxidation sites excluding steroid dienone is 1. The molecule has 3 rings (SSSR count). The standard InChI is InChI=1S/C22H24ClN5O/c1-25-14-18(16-12-20-19(26-13-16)8-9-21(23)27-20)22(24)15-4-6-17(7-5-15)29-11-10-28(2)3/h4-9,12-14,24-25H,10-11H2,1-3H3/p+1/b18-14-,24-22?. The summed E-state index contributed by atoms with van der Waals surface area (Å²) >= 11 is 6.02. The van der Waals surface area contributed by atoms with Crippen LogP contribution in [0.3, 0.4) is 0 Å². The monoisotopic (exact) mass is 410 g/mol. The highest BCUT2D eigenvalue weighted by Gasteiger charge is 2.14. The first-order valence-electron chi connectivity index (χ1n) is 9.37. The van der Waals surface area contributed by atoms with E-state index in [2.05, 4.69) is 14.9 Å². The maximum Gasteiger partial charge on any atom is 0.129 e. The summed E-state index contributed by atoms with van der Waals surface area (Å²) in [7, 11) is 5.95. The van der Waals surface area contributed by atoms with E-state index in [4.69, 9.17) is 21.7 Å². The molecule has 0 spiro atoms. The molecular weight excluding hydrogens is 386 g/mol. The Labute approximate surface area is 175 Å². The molecule has 2 aromatic heterocycles. The van der Waals surface area contributed by atoms with Crippen LogP contribution in [0.4, 0.5) is 0 Å². The molecule has 0 radical (unpaired) electrons. The van der Waals surface area contributed by atoms with Crippen LogP contribution in [0.25, 0.3) is 16.6 Å². The topological polar surface area (TPSA) is 78.7 Å². The van der Waals surface area contributed by atoms with Gasteiger partial charge in [0, 0.05) is 23.9 Å². The van der Waals surface area contributed by atoms with Crippen molar-refractivity contribution in [1.29, 1.82) is 5.41 Å². The third kappa shape index (κ3) is 5.38. The average Bonchev–Trinajstić information content (AvgIpc) is 2.71. The van der Waals surface area contributed by atoms with Crippen molar-refractivity contribution in [3.8, 4) is 5.75 Å². The first-order valence-corrected chi connectivity index (χ1v) is 9.75. The number of hydrogen-bond acceptors (Lipinski definition) is 5. The first kappa shape index (κ1) is 20.9. The molecule has 0 aliphatic carbocycles. The van der Waals surface area contributed by atoms with Crippen molar-refractivity contribution in [2.75, 3.05) is 34.3 Å². The second-order valence-electron chi connectivity index (χ2n) is 6.86. The molecule has 0 saturated heterocycles. The Kier molecular flexibility index (Phi) is 6.93. The number of likely N-dealkylation sites (N-methyl/N-ethyl adjacent to an activating group) is 1. The lowest BCUT2D eigenvalue weighted by atomic mass is 9.97. The molecule has 7 heteroatoms. The Hall–Kier alpha value is -2.80. The van der Waals surface area contributed by atoms with Crippen LogP contribution in [0.15, 0.2) is 54.9 Å². The predicted molar refractivity (Wildman–Crippen MR) is 118 cm³/mol. The summed E-state index contributed by atoms with van der Waals surface area (Å²) in [6.07, 6.45) is 3.68. The highest BCUT2D eigenvalue weighted by Crippen LogP contribution is 2.23. The third-order valence-corrected chi connectivity index (χ3v) is 4.58. The average molecular weight is 411 g/mol. The van der Waals surface area contributed by atoms with Crippen molar-refractivity contribution in [3.63, 3.8) is 0 Å². The van der Waals surface area contributed by atoms with Crippen LogP contribution in [0, 0.1) is 5.41 Å². The van der Waals surface area contributed by atoms with Gasteiger partial charge in [-0.15, -0.1) is 0 Å². The molecule has 150 valence electrons. The lowest BCUT2D eigenvalue weighted by Crippen LogP contribution is -2.73. The van der Waals surface area contributed by atoms with Gasteiger partial charge in [-0.1, -0.05) is 11.6 Å². The van der Waals surface area contributed by atoms with E-state index in [-0.39, 0.29) is 0 Å². The van der Waals surface area contributed by atoms with Crippen LogP contribution < -0.4 is 10.1 Å². The minimum Gasteiger partial charge on any atom is -0.492 e. The number of nitrogens with one attached hydrogen (secondary N) is 1. The molecule has 0 aliphatic heterocycles. The van der Waals surface area contributed by atoms with Crippen LogP contribution in [0.2, 0.25) is 5.15 Å². The van der Waals surface area contributed by atoms with E-state index in [0.29, 0.717) is 23.0 Å². The van der Waals surface area contributed by atoms with Gasteiger partial charge in [-0.05, 0) is 56.6 Å². The van der Waals surface area contributed by atoms with Crippen LogP contribution in [0.5, 0.6) is 5.75 Å². The number of aromatic nitrogens is 2. The normalized spacial score (nSPS) is 11.8. The van der Waals surface area contributed by atoms with Crippen LogP contribution in [0.1, 0.15) is 11.1 Å². The Morgan fingerprint density at radius 3 is 2.59 bits per heavy atom. The zero-order valence-electron chi connectivity index (χ0n) is 16.8. The largest absolute Gasteiger partial charge is 0.492 e. The van der Waals surface area contributed by atoms with Crippen molar-refractivity contribution in [3.05, 3.63) is 71.1 Å².